The van der Waals surface area contributed by atoms with E-state index in [2.05, 4.69) is 25.4 Å². The molecule has 0 bridgehead atoms. The summed E-state index contributed by atoms with van der Waals surface area (Å²) >= 11 is 0. The largest absolute Gasteiger partial charge is 0.419 e. The molecular formula is C24H30F6N8O3. The lowest BCUT2D eigenvalue weighted by atomic mass is 9.90. The van der Waals surface area contributed by atoms with Crippen LogP contribution in [0.5, 0.6) is 0 Å². The zero-order valence-electron chi connectivity index (χ0n) is 21.9. The first kappa shape index (κ1) is 30.6. The number of nitrogens with zero attached hydrogens (tertiary/aromatic N) is 6. The van der Waals surface area contributed by atoms with E-state index < -0.39 is 41.5 Å². The van der Waals surface area contributed by atoms with Crippen molar-refractivity contribution >= 4 is 29.7 Å². The average Bonchev–Trinajstić information content (AvgIpc) is 2.94. The van der Waals surface area contributed by atoms with Crippen LogP contribution in [0.15, 0.2) is 22.5 Å². The zero-order valence-corrected chi connectivity index (χ0v) is 21.9. The van der Waals surface area contributed by atoms with Crippen LogP contribution in [0.2, 0.25) is 0 Å². The number of nitrogens with one attached hydrogen (secondary N) is 2. The van der Waals surface area contributed by atoms with Gasteiger partial charge in [-0.25, -0.2) is 15.4 Å². The standard InChI is InChI=1S/C24H30F6N8O3/c25-23(26,27)16-11-32-22(33-12-16)38-8-6-37(7-9-38)19(39)3-10-41-14-18(15-1-4-31-5-2-15)35-17-13-34-36-21(40)20(17)24(28,29)30/h11-13,15,18,20,31H,1-10,14H2,(H,36,40)/t18-,20?/m0/s1. The van der Waals surface area contributed by atoms with Crippen LogP contribution >= 0.6 is 0 Å². The Hall–Kier alpha value is -3.34. The Balaban J connectivity index is 1.28. The normalized spacial score (nSPS) is 22.6. The molecule has 1 aromatic heterocycles. The van der Waals surface area contributed by atoms with Gasteiger partial charge in [0.15, 0.2) is 5.92 Å². The van der Waals surface area contributed by atoms with E-state index in [4.69, 9.17) is 4.74 Å². The number of hydrazone groups is 1. The van der Waals surface area contributed by atoms with Crippen LogP contribution in [0.25, 0.3) is 0 Å². The third kappa shape index (κ3) is 8.12. The van der Waals surface area contributed by atoms with Gasteiger partial charge in [-0.15, -0.1) is 0 Å². The van der Waals surface area contributed by atoms with Gasteiger partial charge >= 0.3 is 12.4 Å². The molecule has 3 aliphatic rings. The molecule has 2 fully saturated rings. The molecule has 0 saturated carbocycles. The van der Waals surface area contributed by atoms with Crippen molar-refractivity contribution in [1.29, 1.82) is 0 Å². The van der Waals surface area contributed by atoms with E-state index in [0.29, 0.717) is 52.1 Å². The summed E-state index contributed by atoms with van der Waals surface area (Å²) in [4.78, 5) is 39.7. The maximum Gasteiger partial charge on any atom is 0.419 e. The zero-order chi connectivity index (χ0) is 29.6. The van der Waals surface area contributed by atoms with Gasteiger partial charge in [0.05, 0.1) is 43.2 Å². The smallest absolute Gasteiger partial charge is 0.379 e. The number of carbonyl (C=O) groups excluding carboxylic acids is 2. The fourth-order valence-electron chi connectivity index (χ4n) is 4.87. The van der Waals surface area contributed by atoms with Crippen molar-refractivity contribution < 1.29 is 40.7 Å². The number of hydrogen-bond acceptors (Lipinski definition) is 9. The van der Waals surface area contributed by atoms with Gasteiger partial charge in [-0.2, -0.15) is 31.4 Å². The lowest BCUT2D eigenvalue weighted by molar-refractivity contribution is -0.168. The Morgan fingerprint density at radius 1 is 1.07 bits per heavy atom. The van der Waals surface area contributed by atoms with E-state index in [9.17, 15) is 35.9 Å². The number of ether oxygens (including phenoxy) is 1. The van der Waals surface area contributed by atoms with Gasteiger partial charge in [-0.3, -0.25) is 14.6 Å². The van der Waals surface area contributed by atoms with Gasteiger partial charge in [0.1, 0.15) is 0 Å². The number of anilines is 1. The molecule has 2 saturated heterocycles. The molecule has 2 amide bonds. The molecule has 17 heteroatoms. The van der Waals surface area contributed by atoms with E-state index in [0.717, 1.165) is 18.6 Å². The first-order chi connectivity index (χ1) is 19.4. The quantitative estimate of drug-likeness (QED) is 0.348. The molecule has 226 valence electrons. The number of carbonyl (C=O) groups is 2. The Kier molecular flexibility index (Phi) is 9.78. The third-order valence-corrected chi connectivity index (χ3v) is 7.13. The van der Waals surface area contributed by atoms with Crippen LogP contribution in [0.3, 0.4) is 0 Å². The lowest BCUT2D eigenvalue weighted by Crippen LogP contribution is -2.49. The van der Waals surface area contributed by atoms with Gasteiger partial charge in [-0.05, 0) is 31.8 Å². The molecule has 0 aliphatic carbocycles. The number of amides is 2. The minimum absolute atomic E-state index is 0.0185. The summed E-state index contributed by atoms with van der Waals surface area (Å²) in [6.45, 7) is 2.64. The fourth-order valence-corrected chi connectivity index (χ4v) is 4.87. The third-order valence-electron chi connectivity index (χ3n) is 7.13. The number of piperidine rings is 1. The number of alkyl halides is 6. The molecule has 11 nitrogen and oxygen atoms in total. The van der Waals surface area contributed by atoms with E-state index in [1.54, 1.807) is 9.80 Å². The molecule has 4 heterocycles. The summed E-state index contributed by atoms with van der Waals surface area (Å²) in [5, 5.41) is 6.68. The van der Waals surface area contributed by atoms with Crippen molar-refractivity contribution in [3.63, 3.8) is 0 Å². The van der Waals surface area contributed by atoms with E-state index in [1.807, 2.05) is 5.43 Å². The summed E-state index contributed by atoms with van der Waals surface area (Å²) in [6.07, 6.45) is -5.65. The van der Waals surface area contributed by atoms with Gasteiger partial charge in [-0.1, -0.05) is 0 Å². The first-order valence-corrected chi connectivity index (χ1v) is 13.1. The second-order valence-electron chi connectivity index (χ2n) is 9.88. The van der Waals surface area contributed by atoms with Crippen LogP contribution in [0, 0.1) is 11.8 Å². The van der Waals surface area contributed by atoms with Gasteiger partial charge in [0.2, 0.25) is 11.9 Å². The summed E-state index contributed by atoms with van der Waals surface area (Å²) in [7, 11) is 0. The van der Waals surface area contributed by atoms with E-state index in [1.165, 1.54) is 0 Å². The summed E-state index contributed by atoms with van der Waals surface area (Å²) in [6, 6.07) is -0.656. The Bertz CT molecular complexity index is 1110. The molecule has 1 aromatic rings. The maximum atomic E-state index is 13.5. The Labute approximate surface area is 231 Å². The molecule has 41 heavy (non-hydrogen) atoms. The Morgan fingerprint density at radius 2 is 1.73 bits per heavy atom. The highest BCUT2D eigenvalue weighted by molar-refractivity contribution is 6.37. The molecule has 3 aliphatic heterocycles. The predicted molar refractivity (Wildman–Crippen MR) is 134 cm³/mol. The molecule has 2 atom stereocenters. The van der Waals surface area contributed by atoms with Crippen molar-refractivity contribution in [2.24, 2.45) is 21.9 Å². The average molecular weight is 593 g/mol. The summed E-state index contributed by atoms with van der Waals surface area (Å²) < 4.78 is 84.5. The van der Waals surface area contributed by atoms with Crippen molar-refractivity contribution in [2.45, 2.75) is 37.7 Å². The van der Waals surface area contributed by atoms with Crippen molar-refractivity contribution in [1.82, 2.24) is 25.6 Å². The molecular weight excluding hydrogens is 562 g/mol. The molecule has 0 radical (unpaired) electrons. The predicted octanol–water partition coefficient (Wildman–Crippen LogP) is 1.65. The minimum Gasteiger partial charge on any atom is -0.379 e. The van der Waals surface area contributed by atoms with Crippen LogP contribution in [-0.2, 0) is 20.5 Å². The van der Waals surface area contributed by atoms with Crippen molar-refractivity contribution in [2.75, 3.05) is 57.4 Å². The van der Waals surface area contributed by atoms with E-state index >= 15 is 0 Å². The fraction of sp³-hybridized carbons (Fsp3) is 0.667. The number of halogens is 6. The van der Waals surface area contributed by atoms with Crippen molar-refractivity contribution in [3.8, 4) is 0 Å². The summed E-state index contributed by atoms with van der Waals surface area (Å²) in [5.74, 6) is -3.84. The van der Waals surface area contributed by atoms with E-state index in [-0.39, 0.29) is 37.4 Å². The number of rotatable bonds is 8. The number of aromatic nitrogens is 2. The molecule has 1 unspecified atom stereocenters. The lowest BCUT2D eigenvalue weighted by Gasteiger charge is -2.34. The second kappa shape index (κ2) is 13.1. The highest BCUT2D eigenvalue weighted by Gasteiger charge is 2.49. The molecule has 2 N–H and O–H groups in total. The molecule has 4 rings (SSSR count). The van der Waals surface area contributed by atoms with Gasteiger partial charge < -0.3 is 19.9 Å². The second-order valence-corrected chi connectivity index (χ2v) is 9.88. The summed E-state index contributed by atoms with van der Waals surface area (Å²) in [5.41, 5.74) is 0.416. The monoisotopic (exact) mass is 592 g/mol. The van der Waals surface area contributed by atoms with Crippen LogP contribution < -0.4 is 15.6 Å². The van der Waals surface area contributed by atoms with Gasteiger partial charge in [0.25, 0.3) is 5.91 Å². The van der Waals surface area contributed by atoms with Crippen LogP contribution in [0.4, 0.5) is 32.3 Å². The minimum atomic E-state index is -4.83. The topological polar surface area (TPSA) is 124 Å². The maximum absolute atomic E-state index is 13.5. The molecule has 0 aromatic carbocycles. The highest BCUT2D eigenvalue weighted by atomic mass is 19.4. The molecule has 0 spiro atoms. The Morgan fingerprint density at radius 3 is 2.34 bits per heavy atom. The van der Waals surface area contributed by atoms with Crippen LogP contribution in [0.1, 0.15) is 24.8 Å². The highest BCUT2D eigenvalue weighted by Crippen LogP contribution is 2.30. The SMILES string of the molecule is O=C1NN=CC(=N[C@@H](COCCC(=O)N2CCN(c3ncc(C(F)(F)F)cn3)CC2)C2CCNCC2)C1C(F)(F)F. The first-order valence-electron chi connectivity index (χ1n) is 13.1. The van der Waals surface area contributed by atoms with Gasteiger partial charge in [0, 0.05) is 38.6 Å². The van der Waals surface area contributed by atoms with Crippen molar-refractivity contribution in [3.05, 3.63) is 18.0 Å². The number of piperazine rings is 1. The van der Waals surface area contributed by atoms with Crippen LogP contribution in [-0.4, -0.2) is 103 Å². The number of hydrogen-bond donors (Lipinski definition) is 2. The number of aliphatic imine (C=N–C) groups is 1.